The van der Waals surface area contributed by atoms with Gasteiger partial charge in [-0.25, -0.2) is 4.79 Å². The molecule has 58 heavy (non-hydrogen) atoms. The van der Waals surface area contributed by atoms with Gasteiger partial charge in [-0.3, -0.25) is 9.59 Å². The van der Waals surface area contributed by atoms with Crippen molar-refractivity contribution in [3.8, 4) is 0 Å². The molecule has 0 amide bonds. The fourth-order valence-electron chi connectivity index (χ4n) is 9.71. The number of carbonyl (C=O) groups is 3. The van der Waals surface area contributed by atoms with Gasteiger partial charge in [0.05, 0.1) is 39.8 Å². The zero-order chi connectivity index (χ0) is 44.0. The Morgan fingerprint density at radius 2 is 1.31 bits per heavy atom. The van der Waals surface area contributed by atoms with Crippen molar-refractivity contribution in [1.29, 1.82) is 0 Å². The first kappa shape index (κ1) is 52.9. The largest absolute Gasteiger partial charge is 0.497 e. The minimum Gasteiger partial charge on any atom is -0.497 e. The van der Waals surface area contributed by atoms with Gasteiger partial charge in [-0.05, 0) is 157 Å². The highest BCUT2D eigenvalue weighted by Crippen LogP contribution is 2.55. The van der Waals surface area contributed by atoms with E-state index < -0.39 is 0 Å². The van der Waals surface area contributed by atoms with Crippen LogP contribution in [0.4, 0.5) is 0 Å². The summed E-state index contributed by atoms with van der Waals surface area (Å²) < 4.78 is 18.5. The zero-order valence-corrected chi connectivity index (χ0v) is 39.1. The van der Waals surface area contributed by atoms with E-state index in [0.29, 0.717) is 11.3 Å². The van der Waals surface area contributed by atoms with Crippen LogP contribution < -0.4 is 0 Å². The van der Waals surface area contributed by atoms with E-state index in [1.165, 1.54) is 98.4 Å². The molecule has 0 aromatic heterocycles. The summed E-state index contributed by atoms with van der Waals surface area (Å²) in [6.07, 6.45) is 29.6. The lowest BCUT2D eigenvalue weighted by Gasteiger charge is -2.33. The topological polar surface area (TPSA) is 88.1 Å². The molecule has 0 aromatic carbocycles. The van der Waals surface area contributed by atoms with Crippen molar-refractivity contribution >= 4 is 17.9 Å². The first-order chi connectivity index (χ1) is 27.3. The average molecular weight is 811 g/mol. The van der Waals surface area contributed by atoms with Crippen LogP contribution in [0.2, 0.25) is 0 Å². The van der Waals surface area contributed by atoms with Gasteiger partial charge in [0.1, 0.15) is 5.76 Å². The molecular formula is C51H86O7. The molecule has 6 aliphatic carbocycles. The Bertz CT molecular complexity index is 1300. The van der Waals surface area contributed by atoms with Crippen LogP contribution in [0, 0.1) is 70.5 Å². The molecule has 0 spiro atoms. The first-order valence-corrected chi connectivity index (χ1v) is 22.5. The normalized spacial score (nSPS) is 29.5. The van der Waals surface area contributed by atoms with Gasteiger partial charge >= 0.3 is 17.9 Å². The Morgan fingerprint density at radius 1 is 0.741 bits per heavy atom. The fraction of sp³-hybridized carbons (Fsp3) is 0.745. The number of esters is 3. The summed E-state index contributed by atoms with van der Waals surface area (Å²) in [5, 5.41) is 0. The van der Waals surface area contributed by atoms with Crippen LogP contribution in [0.5, 0.6) is 0 Å². The van der Waals surface area contributed by atoms with Crippen molar-refractivity contribution < 1.29 is 33.3 Å². The van der Waals surface area contributed by atoms with Crippen molar-refractivity contribution in [2.45, 2.75) is 145 Å². The molecule has 6 aliphatic rings. The number of allylic oxidation sites excluding steroid dienone is 5. The lowest BCUT2D eigenvalue weighted by atomic mass is 9.71. The van der Waals surface area contributed by atoms with Crippen LogP contribution in [0.3, 0.4) is 0 Å². The third-order valence-corrected chi connectivity index (χ3v) is 13.6. The number of hydrogen-bond donors (Lipinski definition) is 0. The van der Waals surface area contributed by atoms with Crippen LogP contribution in [-0.2, 0) is 33.3 Å². The number of ether oxygens (including phenoxy) is 4. The molecule has 4 bridgehead atoms. The van der Waals surface area contributed by atoms with Crippen molar-refractivity contribution in [3.05, 3.63) is 61.4 Å². The van der Waals surface area contributed by atoms with Crippen LogP contribution >= 0.6 is 0 Å². The number of carbonyl (C=O) groups excluding carboxylic acids is 3. The maximum Gasteiger partial charge on any atom is 0.332 e. The Labute approximate surface area is 355 Å². The van der Waals surface area contributed by atoms with Gasteiger partial charge in [0.15, 0.2) is 0 Å². The van der Waals surface area contributed by atoms with E-state index in [4.69, 9.17) is 9.47 Å². The molecule has 4 fully saturated rings. The number of fused-ring (bicyclic) bond motifs is 4. The molecule has 11 atom stereocenters. The quantitative estimate of drug-likeness (QED) is 0.0513. The monoisotopic (exact) mass is 811 g/mol. The molecule has 4 saturated carbocycles. The number of hydrogen-bond acceptors (Lipinski definition) is 7. The number of methoxy groups -OCH3 is 4. The van der Waals surface area contributed by atoms with E-state index in [2.05, 4.69) is 81.2 Å². The average Bonchev–Trinajstić information content (AvgIpc) is 4.10. The van der Waals surface area contributed by atoms with E-state index >= 15 is 0 Å². The number of rotatable bonds is 11. The molecule has 0 heterocycles. The summed E-state index contributed by atoms with van der Waals surface area (Å²) >= 11 is 0. The van der Waals surface area contributed by atoms with Gasteiger partial charge < -0.3 is 18.9 Å². The molecule has 0 saturated heterocycles. The smallest absolute Gasteiger partial charge is 0.332 e. The highest BCUT2D eigenvalue weighted by molar-refractivity contribution is 5.86. The highest BCUT2D eigenvalue weighted by Gasteiger charge is 2.48. The Balaban J connectivity index is 0.000000366. The molecule has 7 nitrogen and oxygen atoms in total. The van der Waals surface area contributed by atoms with Crippen LogP contribution in [0.25, 0.3) is 0 Å². The van der Waals surface area contributed by atoms with E-state index in [9.17, 15) is 14.4 Å². The van der Waals surface area contributed by atoms with Gasteiger partial charge in [0.2, 0.25) is 0 Å². The second-order valence-electron chi connectivity index (χ2n) is 18.8. The third kappa shape index (κ3) is 19.3. The molecule has 0 aliphatic heterocycles. The Morgan fingerprint density at radius 3 is 1.62 bits per heavy atom. The molecule has 7 heteroatoms. The van der Waals surface area contributed by atoms with E-state index in [0.717, 1.165) is 72.0 Å². The molecule has 11 unspecified atom stereocenters. The summed E-state index contributed by atoms with van der Waals surface area (Å²) in [5.74, 6) is 9.07. The van der Waals surface area contributed by atoms with Crippen LogP contribution in [0.1, 0.15) is 145 Å². The van der Waals surface area contributed by atoms with Crippen LogP contribution in [0.15, 0.2) is 61.4 Å². The molecule has 332 valence electrons. The lowest BCUT2D eigenvalue weighted by Crippen LogP contribution is -2.32. The van der Waals surface area contributed by atoms with Crippen LogP contribution in [-0.4, -0.2) is 46.3 Å². The lowest BCUT2D eigenvalue weighted by molar-refractivity contribution is -0.152. The van der Waals surface area contributed by atoms with Gasteiger partial charge in [-0.2, -0.15) is 0 Å². The third-order valence-electron chi connectivity index (χ3n) is 13.6. The Kier molecular flexibility index (Phi) is 25.2. The predicted molar refractivity (Wildman–Crippen MR) is 241 cm³/mol. The van der Waals surface area contributed by atoms with E-state index in [-0.39, 0.29) is 29.2 Å². The summed E-state index contributed by atoms with van der Waals surface area (Å²) in [4.78, 5) is 33.1. The highest BCUT2D eigenvalue weighted by atomic mass is 16.5. The minimum absolute atomic E-state index is 0.0533. The fourth-order valence-corrected chi connectivity index (χ4v) is 9.71. The van der Waals surface area contributed by atoms with Crippen molar-refractivity contribution in [2.75, 3.05) is 28.4 Å². The molecule has 0 N–H and O–H groups in total. The summed E-state index contributed by atoms with van der Waals surface area (Å²) in [7, 11) is 5.86. The predicted octanol–water partition coefficient (Wildman–Crippen LogP) is 12.9. The molecule has 6 rings (SSSR count). The van der Waals surface area contributed by atoms with Gasteiger partial charge in [0.25, 0.3) is 0 Å². The maximum atomic E-state index is 11.7. The van der Waals surface area contributed by atoms with E-state index in [1.54, 1.807) is 20.1 Å². The second kappa shape index (κ2) is 27.6. The molecular weight excluding hydrogens is 725 g/mol. The summed E-state index contributed by atoms with van der Waals surface area (Å²) in [6, 6.07) is 0. The summed E-state index contributed by atoms with van der Waals surface area (Å²) in [6.45, 7) is 27.0. The standard InChI is InChI=1S/C14H24O2.C13H24O2.C7H10.C7H12.C5H8O2.C5H8O/c1-9-10-5-6-11(7-10)12(9)8-14(2,3)13(15)16-4;1-4-11-7-8-12(9-11)6-5-10(2)13(14)15-3;1-2-7-4-3-6(1)5-7;1-6-3-4-7(2)5-6;1-4(2)5(6)7-3;1-4-5(2)6-3/h9-12H,5-8H2,1-4H3;10-12H,4-9H2,1-3H3;1-2,6-7H,3-5H2;3-4,6-7H,5H2,1-2H3;1H2,2-3H3;4H,1-2H2,3H3. The molecule has 0 radical (unpaired) electrons. The van der Waals surface area contributed by atoms with Crippen molar-refractivity contribution in [3.63, 3.8) is 0 Å². The first-order valence-electron chi connectivity index (χ1n) is 22.5. The minimum atomic E-state index is -0.347. The SMILES string of the molecule is C1=CC2CCC1C2.C=C(C)C(=O)OC.C=CC(=C)OC.CC1C=CC(C)C1.CCC1CCC(CCC(C)C(=O)OC)C1.COC(=O)C(C)(C)CC1C2CCC(C2)C1C. The maximum absolute atomic E-state index is 11.7. The van der Waals surface area contributed by atoms with Crippen molar-refractivity contribution in [2.24, 2.45) is 70.5 Å². The van der Waals surface area contributed by atoms with E-state index in [1.807, 2.05) is 20.8 Å². The molecule has 0 aromatic rings. The second-order valence-corrected chi connectivity index (χ2v) is 18.8. The Hall–Kier alpha value is -3.09. The van der Waals surface area contributed by atoms with Gasteiger partial charge in [0, 0.05) is 5.57 Å². The van der Waals surface area contributed by atoms with Crippen molar-refractivity contribution in [1.82, 2.24) is 0 Å². The van der Waals surface area contributed by atoms with Gasteiger partial charge in [-0.15, -0.1) is 0 Å². The van der Waals surface area contributed by atoms with Gasteiger partial charge in [-0.1, -0.05) is 97.9 Å². The summed E-state index contributed by atoms with van der Waals surface area (Å²) in [5.41, 5.74) is 0.125. The zero-order valence-electron chi connectivity index (χ0n) is 39.1.